The van der Waals surface area contributed by atoms with E-state index >= 15 is 0 Å². The summed E-state index contributed by atoms with van der Waals surface area (Å²) in [5.74, 6) is 0. The molecule has 0 amide bonds. The Labute approximate surface area is 117 Å². The zero-order valence-electron chi connectivity index (χ0n) is 11.2. The number of fused-ring (bicyclic) bond motifs is 1. The Morgan fingerprint density at radius 3 is 2.84 bits per heavy atom. The van der Waals surface area contributed by atoms with E-state index in [1.54, 1.807) is 11.3 Å². The lowest BCUT2D eigenvalue weighted by Crippen LogP contribution is -2.13. The van der Waals surface area contributed by atoms with Crippen LogP contribution >= 0.6 is 11.3 Å². The van der Waals surface area contributed by atoms with Crippen molar-refractivity contribution in [1.82, 2.24) is 4.98 Å². The second kappa shape index (κ2) is 5.13. The first-order valence-electron chi connectivity index (χ1n) is 6.59. The number of benzene rings is 1. The fourth-order valence-corrected chi connectivity index (χ4v) is 3.11. The molecule has 1 aromatic carbocycles. The van der Waals surface area contributed by atoms with Gasteiger partial charge in [0.15, 0.2) is 0 Å². The van der Waals surface area contributed by atoms with Crippen molar-refractivity contribution < 1.29 is 0 Å². The van der Waals surface area contributed by atoms with E-state index in [2.05, 4.69) is 46.7 Å². The van der Waals surface area contributed by atoms with Crippen LogP contribution in [0, 0.1) is 13.8 Å². The normalized spacial score (nSPS) is 16.4. The summed E-state index contributed by atoms with van der Waals surface area (Å²) in [4.78, 5) is 5.69. The van der Waals surface area contributed by atoms with Gasteiger partial charge in [0, 0.05) is 10.4 Å². The van der Waals surface area contributed by atoms with Gasteiger partial charge in [-0.1, -0.05) is 24.3 Å². The Morgan fingerprint density at radius 2 is 2.05 bits per heavy atom. The number of nitrogens with one attached hydrogen (secondary N) is 1. The van der Waals surface area contributed by atoms with E-state index in [0.29, 0.717) is 0 Å². The molecule has 0 spiro atoms. The molecule has 1 N–H and O–H groups in total. The molecule has 0 radical (unpaired) electrons. The predicted octanol–water partition coefficient (Wildman–Crippen LogP) is 3.91. The van der Waals surface area contributed by atoms with E-state index in [1.807, 2.05) is 6.92 Å². The van der Waals surface area contributed by atoms with Crippen LogP contribution in [0.15, 0.2) is 29.4 Å². The Bertz CT molecular complexity index is 609. The van der Waals surface area contributed by atoms with Crippen LogP contribution in [0.4, 0.5) is 5.13 Å². The number of hydrogen-bond acceptors (Lipinski definition) is 4. The number of nitrogens with zero attached hydrogens (tertiary/aromatic N) is 2. The fraction of sp³-hybridized carbons (Fsp3) is 0.333. The molecule has 3 rings (SSSR count). The van der Waals surface area contributed by atoms with Gasteiger partial charge >= 0.3 is 0 Å². The molecular formula is C15H17N3S. The van der Waals surface area contributed by atoms with Gasteiger partial charge < -0.3 is 0 Å². The molecule has 0 saturated heterocycles. The minimum absolute atomic E-state index is 0.880. The van der Waals surface area contributed by atoms with E-state index in [0.717, 1.165) is 29.4 Å². The minimum atomic E-state index is 0.880. The summed E-state index contributed by atoms with van der Waals surface area (Å²) in [5.41, 5.74) is 8.03. The summed E-state index contributed by atoms with van der Waals surface area (Å²) in [6.45, 7) is 4.11. The topological polar surface area (TPSA) is 37.3 Å². The first-order valence-corrected chi connectivity index (χ1v) is 7.40. The SMILES string of the molecule is Cc1nc(N/N=C2/CCCc3ccccc32)sc1C. The van der Waals surface area contributed by atoms with Gasteiger partial charge in [-0.3, -0.25) is 5.43 Å². The highest BCUT2D eigenvalue weighted by Gasteiger charge is 2.14. The Kier molecular flexibility index (Phi) is 3.34. The zero-order chi connectivity index (χ0) is 13.2. The van der Waals surface area contributed by atoms with E-state index in [9.17, 15) is 0 Å². The van der Waals surface area contributed by atoms with Gasteiger partial charge in [-0.05, 0) is 38.7 Å². The maximum Gasteiger partial charge on any atom is 0.203 e. The highest BCUT2D eigenvalue weighted by molar-refractivity contribution is 7.15. The summed E-state index contributed by atoms with van der Waals surface area (Å²) < 4.78 is 0. The van der Waals surface area contributed by atoms with Gasteiger partial charge in [0.25, 0.3) is 0 Å². The first-order chi connectivity index (χ1) is 9.24. The highest BCUT2D eigenvalue weighted by Crippen LogP contribution is 2.24. The van der Waals surface area contributed by atoms with Crippen molar-refractivity contribution in [3.05, 3.63) is 46.0 Å². The molecule has 1 aliphatic carbocycles. The zero-order valence-corrected chi connectivity index (χ0v) is 12.0. The third-order valence-electron chi connectivity index (χ3n) is 3.50. The molecule has 0 aliphatic heterocycles. The van der Waals surface area contributed by atoms with Crippen LogP contribution < -0.4 is 5.43 Å². The van der Waals surface area contributed by atoms with Crippen molar-refractivity contribution in [2.24, 2.45) is 5.10 Å². The molecule has 4 heteroatoms. The number of hydrazone groups is 1. The van der Waals surface area contributed by atoms with Gasteiger partial charge in [0.05, 0.1) is 11.4 Å². The molecule has 0 saturated carbocycles. The van der Waals surface area contributed by atoms with Crippen LogP contribution in [0.5, 0.6) is 0 Å². The van der Waals surface area contributed by atoms with Crippen molar-refractivity contribution in [1.29, 1.82) is 0 Å². The van der Waals surface area contributed by atoms with E-state index in [1.165, 1.54) is 22.4 Å². The number of hydrogen-bond donors (Lipinski definition) is 1. The van der Waals surface area contributed by atoms with Crippen LogP contribution in [0.3, 0.4) is 0 Å². The summed E-state index contributed by atoms with van der Waals surface area (Å²) in [6.07, 6.45) is 3.37. The molecule has 0 bridgehead atoms. The number of thiazole rings is 1. The van der Waals surface area contributed by atoms with Gasteiger partial charge in [0.2, 0.25) is 5.13 Å². The maximum atomic E-state index is 4.56. The lowest BCUT2D eigenvalue weighted by molar-refractivity contribution is 0.837. The van der Waals surface area contributed by atoms with Crippen molar-refractivity contribution in [2.45, 2.75) is 33.1 Å². The van der Waals surface area contributed by atoms with Gasteiger partial charge in [-0.15, -0.1) is 11.3 Å². The number of aryl methyl sites for hydroxylation is 3. The van der Waals surface area contributed by atoms with Crippen LogP contribution in [0.25, 0.3) is 0 Å². The number of aromatic nitrogens is 1. The molecule has 0 unspecified atom stereocenters. The van der Waals surface area contributed by atoms with Gasteiger partial charge in [-0.25, -0.2) is 4.98 Å². The first kappa shape index (κ1) is 12.4. The minimum Gasteiger partial charge on any atom is -0.252 e. The lowest BCUT2D eigenvalue weighted by atomic mass is 9.90. The quantitative estimate of drug-likeness (QED) is 0.841. The molecule has 0 fully saturated rings. The summed E-state index contributed by atoms with van der Waals surface area (Å²) in [5, 5.41) is 5.44. The number of anilines is 1. The molecule has 1 heterocycles. The third kappa shape index (κ3) is 2.54. The van der Waals surface area contributed by atoms with E-state index < -0.39 is 0 Å². The highest BCUT2D eigenvalue weighted by atomic mass is 32.1. The molecule has 3 nitrogen and oxygen atoms in total. The fourth-order valence-electron chi connectivity index (χ4n) is 2.35. The van der Waals surface area contributed by atoms with E-state index in [4.69, 9.17) is 0 Å². The average molecular weight is 271 g/mol. The number of rotatable bonds is 2. The summed E-state index contributed by atoms with van der Waals surface area (Å²) in [6, 6.07) is 8.54. The Hall–Kier alpha value is -1.68. The van der Waals surface area contributed by atoms with Crippen LogP contribution in [-0.4, -0.2) is 10.7 Å². The van der Waals surface area contributed by atoms with Crippen molar-refractivity contribution in [3.63, 3.8) is 0 Å². The molecule has 1 aromatic heterocycles. The molecular weight excluding hydrogens is 254 g/mol. The van der Waals surface area contributed by atoms with Crippen molar-refractivity contribution in [2.75, 3.05) is 5.43 Å². The largest absolute Gasteiger partial charge is 0.252 e. The second-order valence-corrected chi connectivity index (χ2v) is 6.04. The van der Waals surface area contributed by atoms with Crippen LogP contribution in [0.1, 0.15) is 34.5 Å². The Balaban J connectivity index is 1.85. The monoisotopic (exact) mass is 271 g/mol. The maximum absolute atomic E-state index is 4.56. The molecule has 98 valence electrons. The van der Waals surface area contributed by atoms with Crippen molar-refractivity contribution in [3.8, 4) is 0 Å². The van der Waals surface area contributed by atoms with Gasteiger partial charge in [-0.2, -0.15) is 5.10 Å². The van der Waals surface area contributed by atoms with Crippen LogP contribution in [-0.2, 0) is 6.42 Å². The standard InChI is InChI=1S/C15H17N3S/c1-10-11(2)19-15(16-10)18-17-14-9-5-7-12-6-3-4-8-13(12)14/h3-4,6,8H,5,7,9H2,1-2H3,(H,16,18)/b17-14-. The van der Waals surface area contributed by atoms with Crippen molar-refractivity contribution >= 4 is 22.2 Å². The summed E-state index contributed by atoms with van der Waals surface area (Å²) >= 11 is 1.65. The van der Waals surface area contributed by atoms with Crippen LogP contribution in [0.2, 0.25) is 0 Å². The molecule has 1 aliphatic rings. The molecule has 0 atom stereocenters. The summed E-state index contributed by atoms with van der Waals surface area (Å²) in [7, 11) is 0. The van der Waals surface area contributed by atoms with E-state index in [-0.39, 0.29) is 0 Å². The second-order valence-electron chi connectivity index (χ2n) is 4.84. The predicted molar refractivity (Wildman–Crippen MR) is 81.1 cm³/mol. The lowest BCUT2D eigenvalue weighted by Gasteiger charge is -2.17. The molecule has 2 aromatic rings. The smallest absolute Gasteiger partial charge is 0.203 e. The average Bonchev–Trinajstić information content (AvgIpc) is 2.75. The molecule has 19 heavy (non-hydrogen) atoms. The van der Waals surface area contributed by atoms with Gasteiger partial charge in [0.1, 0.15) is 0 Å². The third-order valence-corrected chi connectivity index (χ3v) is 4.48. The Morgan fingerprint density at radius 1 is 1.21 bits per heavy atom.